The predicted octanol–water partition coefficient (Wildman–Crippen LogP) is 3.44. The van der Waals surface area contributed by atoms with Crippen LogP contribution in [0.1, 0.15) is 59.0 Å². The summed E-state index contributed by atoms with van der Waals surface area (Å²) < 4.78 is 0. The van der Waals surface area contributed by atoms with Gasteiger partial charge in [0, 0.05) is 6.54 Å². The number of hydrogen-bond acceptors (Lipinski definition) is 4. The Bertz CT molecular complexity index is 704. The van der Waals surface area contributed by atoms with Crippen molar-refractivity contribution < 1.29 is 4.79 Å². The predicted molar refractivity (Wildman–Crippen MR) is 103 cm³/mol. The summed E-state index contributed by atoms with van der Waals surface area (Å²) in [5.41, 5.74) is 3.30. The van der Waals surface area contributed by atoms with Gasteiger partial charge in [-0.05, 0) is 45.3 Å². The molecular formula is C21H28N4O. The largest absolute Gasteiger partial charge is 0.350 e. The summed E-state index contributed by atoms with van der Waals surface area (Å²) >= 11 is 0. The molecule has 3 rings (SSSR count). The number of likely N-dealkylation sites (tertiary alicyclic amines) is 1. The van der Waals surface area contributed by atoms with Gasteiger partial charge in [-0.15, -0.1) is 0 Å². The van der Waals surface area contributed by atoms with Crippen molar-refractivity contribution in [1.82, 2.24) is 20.2 Å². The van der Waals surface area contributed by atoms with Gasteiger partial charge in [-0.1, -0.05) is 43.2 Å². The highest BCUT2D eigenvalue weighted by Gasteiger charge is 2.23. The van der Waals surface area contributed by atoms with Crippen LogP contribution in [0.3, 0.4) is 0 Å². The van der Waals surface area contributed by atoms with Gasteiger partial charge in [0.15, 0.2) is 0 Å². The molecule has 2 heterocycles. The van der Waals surface area contributed by atoms with Crippen LogP contribution in [-0.2, 0) is 0 Å². The van der Waals surface area contributed by atoms with E-state index >= 15 is 0 Å². The van der Waals surface area contributed by atoms with Crippen molar-refractivity contribution in [2.75, 3.05) is 19.6 Å². The molecule has 1 aliphatic rings. The highest BCUT2D eigenvalue weighted by Crippen LogP contribution is 2.24. The van der Waals surface area contributed by atoms with Gasteiger partial charge in [0.1, 0.15) is 6.33 Å². The lowest BCUT2D eigenvalue weighted by Gasteiger charge is -2.31. The van der Waals surface area contributed by atoms with Crippen LogP contribution in [-0.4, -0.2) is 40.4 Å². The zero-order valence-corrected chi connectivity index (χ0v) is 15.7. The number of carbonyl (C=O) groups excluding carboxylic acids is 1. The zero-order valence-electron chi connectivity index (χ0n) is 15.7. The normalized spacial score (nSPS) is 16.7. The third-order valence-corrected chi connectivity index (χ3v) is 5.18. The van der Waals surface area contributed by atoms with Crippen LogP contribution in [0.25, 0.3) is 0 Å². The Hall–Kier alpha value is -2.27. The molecule has 1 N–H and O–H groups in total. The van der Waals surface area contributed by atoms with Gasteiger partial charge < -0.3 is 5.32 Å². The van der Waals surface area contributed by atoms with Crippen LogP contribution in [0, 0.1) is 13.8 Å². The molecule has 0 radical (unpaired) electrons. The van der Waals surface area contributed by atoms with Crippen LogP contribution in [0.15, 0.2) is 36.7 Å². The number of nitrogens with zero attached hydrogens (tertiary/aromatic N) is 3. The first-order valence-corrected chi connectivity index (χ1v) is 9.52. The fourth-order valence-electron chi connectivity index (χ4n) is 3.74. The lowest BCUT2D eigenvalue weighted by molar-refractivity contribution is 0.0931. The first-order valence-electron chi connectivity index (χ1n) is 9.52. The van der Waals surface area contributed by atoms with E-state index in [0.29, 0.717) is 12.1 Å². The summed E-state index contributed by atoms with van der Waals surface area (Å²) in [6, 6.07) is 10.7. The summed E-state index contributed by atoms with van der Waals surface area (Å²) in [7, 11) is 0. The minimum Gasteiger partial charge on any atom is -0.350 e. The number of benzene rings is 1. The minimum absolute atomic E-state index is 0.0867. The second-order valence-electron chi connectivity index (χ2n) is 7.01. The van der Waals surface area contributed by atoms with Crippen LogP contribution in [0.5, 0.6) is 0 Å². The topological polar surface area (TPSA) is 58.1 Å². The van der Waals surface area contributed by atoms with Crippen molar-refractivity contribution in [1.29, 1.82) is 0 Å². The monoisotopic (exact) mass is 352 g/mol. The van der Waals surface area contributed by atoms with Crippen LogP contribution in [0.2, 0.25) is 0 Å². The number of aromatic nitrogens is 2. The Balaban J connectivity index is 1.76. The minimum atomic E-state index is -0.0867. The molecule has 1 aromatic carbocycles. The fourth-order valence-corrected chi connectivity index (χ4v) is 3.74. The first-order chi connectivity index (χ1) is 12.7. The Morgan fingerprint density at radius 2 is 1.65 bits per heavy atom. The molecule has 1 saturated heterocycles. The second-order valence-corrected chi connectivity index (χ2v) is 7.01. The molecule has 138 valence electrons. The molecule has 0 saturated carbocycles. The van der Waals surface area contributed by atoms with E-state index in [1.54, 1.807) is 0 Å². The van der Waals surface area contributed by atoms with Crippen molar-refractivity contribution >= 4 is 5.91 Å². The second kappa shape index (κ2) is 8.90. The number of nitrogens with one attached hydrogen (secondary N) is 1. The van der Waals surface area contributed by atoms with Crippen LogP contribution >= 0.6 is 0 Å². The van der Waals surface area contributed by atoms with E-state index < -0.39 is 0 Å². The van der Waals surface area contributed by atoms with Crippen LogP contribution in [0.4, 0.5) is 0 Å². The van der Waals surface area contributed by atoms with E-state index in [0.717, 1.165) is 24.5 Å². The maximum absolute atomic E-state index is 12.8. The molecule has 26 heavy (non-hydrogen) atoms. The Morgan fingerprint density at radius 3 is 2.27 bits per heavy atom. The van der Waals surface area contributed by atoms with Gasteiger partial charge in [0.05, 0.1) is 23.0 Å². The summed E-state index contributed by atoms with van der Waals surface area (Å²) in [6.45, 7) is 6.47. The highest BCUT2D eigenvalue weighted by atomic mass is 16.1. The van der Waals surface area contributed by atoms with Gasteiger partial charge in [0.2, 0.25) is 0 Å². The van der Waals surface area contributed by atoms with Crippen molar-refractivity contribution in [3.05, 3.63) is 59.2 Å². The lowest BCUT2D eigenvalue weighted by Crippen LogP contribution is -2.39. The molecule has 1 amide bonds. The molecule has 5 heteroatoms. The fraction of sp³-hybridized carbons (Fsp3) is 0.476. The van der Waals surface area contributed by atoms with Gasteiger partial charge in [-0.3, -0.25) is 9.69 Å². The number of amides is 1. The summed E-state index contributed by atoms with van der Waals surface area (Å²) in [6.07, 6.45) is 6.55. The standard InChI is InChI=1S/C21H28N4O/c1-16-20(17(2)24-15-23-16)21(26)22-14-19(18-10-6-5-7-11-18)25-12-8-3-4-9-13-25/h5-7,10-11,15,19H,3-4,8-9,12-14H2,1-2H3,(H,22,26)/t19-/m1/s1. The van der Waals surface area contributed by atoms with Crippen molar-refractivity contribution in [2.45, 2.75) is 45.6 Å². The third-order valence-electron chi connectivity index (χ3n) is 5.18. The Morgan fingerprint density at radius 1 is 1.04 bits per heavy atom. The van der Waals surface area contributed by atoms with Gasteiger partial charge >= 0.3 is 0 Å². The lowest BCUT2D eigenvalue weighted by atomic mass is 10.0. The number of rotatable bonds is 5. The molecule has 0 bridgehead atoms. The molecule has 5 nitrogen and oxygen atoms in total. The molecular weight excluding hydrogens is 324 g/mol. The molecule has 2 aromatic rings. The zero-order chi connectivity index (χ0) is 18.4. The number of aryl methyl sites for hydroxylation is 2. The smallest absolute Gasteiger partial charge is 0.255 e. The summed E-state index contributed by atoms with van der Waals surface area (Å²) in [4.78, 5) is 23.6. The SMILES string of the molecule is Cc1ncnc(C)c1C(=O)NC[C@H](c1ccccc1)N1CCCCCC1. The van der Waals surface area contributed by atoms with E-state index in [9.17, 15) is 4.79 Å². The van der Waals surface area contributed by atoms with Gasteiger partial charge in [-0.2, -0.15) is 0 Å². The van der Waals surface area contributed by atoms with Crippen molar-refractivity contribution in [3.63, 3.8) is 0 Å². The number of hydrogen-bond donors (Lipinski definition) is 1. The molecule has 1 aromatic heterocycles. The Kier molecular flexibility index (Phi) is 6.34. The van der Waals surface area contributed by atoms with E-state index in [-0.39, 0.29) is 11.9 Å². The molecule has 0 aliphatic carbocycles. The van der Waals surface area contributed by atoms with E-state index in [1.807, 2.05) is 19.9 Å². The summed E-state index contributed by atoms with van der Waals surface area (Å²) in [5.74, 6) is -0.0867. The van der Waals surface area contributed by atoms with E-state index in [1.165, 1.54) is 37.6 Å². The van der Waals surface area contributed by atoms with Gasteiger partial charge in [0.25, 0.3) is 5.91 Å². The first kappa shape index (κ1) is 18.5. The molecule has 0 spiro atoms. The molecule has 1 fully saturated rings. The molecule has 0 unspecified atom stereocenters. The highest BCUT2D eigenvalue weighted by molar-refractivity contribution is 5.96. The quantitative estimate of drug-likeness (QED) is 0.895. The van der Waals surface area contributed by atoms with Crippen LogP contribution < -0.4 is 5.32 Å². The number of carbonyl (C=O) groups is 1. The maximum Gasteiger partial charge on any atom is 0.255 e. The molecule has 1 aliphatic heterocycles. The summed E-state index contributed by atoms with van der Waals surface area (Å²) in [5, 5.41) is 3.14. The average Bonchev–Trinajstić information content (AvgIpc) is 2.92. The molecule has 1 atom stereocenters. The maximum atomic E-state index is 12.8. The third kappa shape index (κ3) is 4.47. The van der Waals surface area contributed by atoms with E-state index in [2.05, 4.69) is 44.5 Å². The van der Waals surface area contributed by atoms with Crippen molar-refractivity contribution in [2.24, 2.45) is 0 Å². The average molecular weight is 352 g/mol. The van der Waals surface area contributed by atoms with Gasteiger partial charge in [-0.25, -0.2) is 9.97 Å². The van der Waals surface area contributed by atoms with E-state index in [4.69, 9.17) is 0 Å². The Labute approximate surface area is 155 Å². The van der Waals surface area contributed by atoms with Crippen molar-refractivity contribution in [3.8, 4) is 0 Å².